The number of carbonyl (C=O) groups excluding carboxylic acids is 1. The molecular formula is C20H32N4O2. The molecule has 1 aromatic carbocycles. The van der Waals surface area contributed by atoms with Crippen LogP contribution in [0.4, 0.5) is 0 Å². The van der Waals surface area contributed by atoms with Crippen LogP contribution in [0, 0.1) is 5.92 Å². The van der Waals surface area contributed by atoms with E-state index in [9.17, 15) is 4.79 Å². The summed E-state index contributed by atoms with van der Waals surface area (Å²) in [5.41, 5.74) is 1.33. The molecule has 2 rings (SSSR count). The van der Waals surface area contributed by atoms with Gasteiger partial charge in [-0.3, -0.25) is 4.79 Å². The highest BCUT2D eigenvalue weighted by Crippen LogP contribution is 2.10. The molecular weight excluding hydrogens is 328 g/mol. The first-order valence-electron chi connectivity index (χ1n) is 9.41. The average Bonchev–Trinajstić information content (AvgIpc) is 3.16. The zero-order valence-electron chi connectivity index (χ0n) is 16.2. The monoisotopic (exact) mass is 360 g/mol. The van der Waals surface area contributed by atoms with Gasteiger partial charge in [0.2, 0.25) is 5.91 Å². The molecule has 0 spiro atoms. The van der Waals surface area contributed by atoms with Crippen LogP contribution in [0.2, 0.25) is 0 Å². The standard InChI is InChI=1S/C20H32N4O2/c1-16(9-10-17-7-5-4-6-8-17)23-20(22-14-19(25)24(2)3)21-13-18-11-12-26-15-18/h4-8,16,18H,9-15H2,1-3H3,(H2,21,22,23). The summed E-state index contributed by atoms with van der Waals surface area (Å²) in [6.45, 7) is 4.73. The highest BCUT2D eigenvalue weighted by Gasteiger charge is 2.16. The van der Waals surface area contributed by atoms with Crippen molar-refractivity contribution in [2.24, 2.45) is 10.9 Å². The van der Waals surface area contributed by atoms with Crippen LogP contribution < -0.4 is 10.6 Å². The molecule has 2 atom stereocenters. The lowest BCUT2D eigenvalue weighted by Crippen LogP contribution is -2.44. The Morgan fingerprint density at radius 3 is 2.77 bits per heavy atom. The van der Waals surface area contributed by atoms with Gasteiger partial charge in [0.25, 0.3) is 0 Å². The first-order valence-corrected chi connectivity index (χ1v) is 9.41. The Kier molecular flexibility index (Phi) is 8.41. The van der Waals surface area contributed by atoms with E-state index in [0.717, 1.165) is 39.0 Å². The van der Waals surface area contributed by atoms with Crippen LogP contribution in [0.1, 0.15) is 25.3 Å². The molecule has 2 unspecified atom stereocenters. The van der Waals surface area contributed by atoms with E-state index in [0.29, 0.717) is 11.9 Å². The third kappa shape index (κ3) is 7.44. The molecule has 1 aliphatic heterocycles. The predicted molar refractivity (Wildman–Crippen MR) is 105 cm³/mol. The summed E-state index contributed by atoms with van der Waals surface area (Å²) in [5, 5.41) is 6.81. The topological polar surface area (TPSA) is 66.0 Å². The van der Waals surface area contributed by atoms with Crippen molar-refractivity contribution >= 4 is 11.9 Å². The SMILES string of the molecule is CC(CCc1ccccc1)NC(=NCC(=O)N(C)C)NCC1CCOC1. The fourth-order valence-electron chi connectivity index (χ4n) is 2.76. The molecule has 144 valence electrons. The molecule has 1 aliphatic rings. The normalized spacial score (nSPS) is 18.4. The van der Waals surface area contributed by atoms with Gasteiger partial charge >= 0.3 is 0 Å². The number of nitrogens with zero attached hydrogens (tertiary/aromatic N) is 2. The Balaban J connectivity index is 1.86. The number of likely N-dealkylation sites (N-methyl/N-ethyl adjacent to an activating group) is 1. The van der Waals surface area contributed by atoms with Crippen LogP contribution in [0.3, 0.4) is 0 Å². The third-order valence-corrected chi connectivity index (χ3v) is 4.55. The fraction of sp³-hybridized carbons (Fsp3) is 0.600. The molecule has 1 heterocycles. The fourth-order valence-corrected chi connectivity index (χ4v) is 2.76. The lowest BCUT2D eigenvalue weighted by Gasteiger charge is -2.20. The van der Waals surface area contributed by atoms with Crippen LogP contribution >= 0.6 is 0 Å². The number of hydrogen-bond acceptors (Lipinski definition) is 3. The lowest BCUT2D eigenvalue weighted by molar-refractivity contribution is -0.127. The van der Waals surface area contributed by atoms with Gasteiger partial charge in [-0.25, -0.2) is 4.99 Å². The number of hydrogen-bond donors (Lipinski definition) is 2. The number of guanidine groups is 1. The first-order chi connectivity index (χ1) is 12.5. The van der Waals surface area contributed by atoms with Gasteiger partial charge in [-0.2, -0.15) is 0 Å². The summed E-state index contributed by atoms with van der Waals surface area (Å²) < 4.78 is 5.43. The first kappa shape index (κ1) is 20.2. The van der Waals surface area contributed by atoms with Crippen LogP contribution in [0.5, 0.6) is 0 Å². The maximum absolute atomic E-state index is 11.8. The van der Waals surface area contributed by atoms with Gasteiger partial charge in [-0.1, -0.05) is 30.3 Å². The molecule has 6 heteroatoms. The van der Waals surface area contributed by atoms with Gasteiger partial charge in [-0.15, -0.1) is 0 Å². The van der Waals surface area contributed by atoms with E-state index in [4.69, 9.17) is 4.74 Å². The Morgan fingerprint density at radius 2 is 2.12 bits per heavy atom. The van der Waals surface area contributed by atoms with Gasteiger partial charge in [0, 0.05) is 39.2 Å². The molecule has 1 amide bonds. The summed E-state index contributed by atoms with van der Waals surface area (Å²) in [4.78, 5) is 17.9. The number of aliphatic imine (C=N–C) groups is 1. The van der Waals surface area contributed by atoms with Crippen LogP contribution in [-0.4, -0.2) is 63.2 Å². The summed E-state index contributed by atoms with van der Waals surface area (Å²) in [7, 11) is 3.49. The number of rotatable bonds is 8. The Labute approximate surface area is 157 Å². The zero-order valence-corrected chi connectivity index (χ0v) is 16.2. The van der Waals surface area contributed by atoms with Gasteiger partial charge in [0.1, 0.15) is 6.54 Å². The van der Waals surface area contributed by atoms with E-state index in [1.54, 1.807) is 19.0 Å². The molecule has 26 heavy (non-hydrogen) atoms. The molecule has 0 aliphatic carbocycles. The molecule has 2 N–H and O–H groups in total. The Hall–Kier alpha value is -2.08. The van der Waals surface area contributed by atoms with Crippen molar-refractivity contribution in [1.82, 2.24) is 15.5 Å². The largest absolute Gasteiger partial charge is 0.381 e. The molecule has 1 aromatic rings. The van der Waals surface area contributed by atoms with Crippen molar-refractivity contribution < 1.29 is 9.53 Å². The average molecular weight is 361 g/mol. The van der Waals surface area contributed by atoms with Crippen molar-refractivity contribution in [3.05, 3.63) is 35.9 Å². The second-order valence-electron chi connectivity index (χ2n) is 7.13. The summed E-state index contributed by atoms with van der Waals surface area (Å²) in [5.74, 6) is 1.20. The summed E-state index contributed by atoms with van der Waals surface area (Å²) >= 11 is 0. The van der Waals surface area contributed by atoms with Crippen molar-refractivity contribution in [2.45, 2.75) is 32.2 Å². The maximum Gasteiger partial charge on any atom is 0.243 e. The van der Waals surface area contributed by atoms with E-state index in [-0.39, 0.29) is 18.5 Å². The van der Waals surface area contributed by atoms with Crippen LogP contribution in [0.15, 0.2) is 35.3 Å². The minimum Gasteiger partial charge on any atom is -0.381 e. The second-order valence-corrected chi connectivity index (χ2v) is 7.13. The van der Waals surface area contributed by atoms with Crippen molar-refractivity contribution in [1.29, 1.82) is 0 Å². The van der Waals surface area contributed by atoms with Crippen LogP contribution in [-0.2, 0) is 16.0 Å². The molecule has 0 bridgehead atoms. The molecule has 1 fully saturated rings. The van der Waals surface area contributed by atoms with Crippen molar-refractivity contribution in [3.8, 4) is 0 Å². The van der Waals surface area contributed by atoms with Gasteiger partial charge in [0.05, 0.1) is 6.61 Å². The Bertz CT molecular complexity index is 568. The molecule has 0 aromatic heterocycles. The lowest BCUT2D eigenvalue weighted by atomic mass is 10.1. The van der Waals surface area contributed by atoms with E-state index >= 15 is 0 Å². The van der Waals surface area contributed by atoms with Crippen molar-refractivity contribution in [3.63, 3.8) is 0 Å². The molecule has 0 saturated carbocycles. The number of amides is 1. The highest BCUT2D eigenvalue weighted by molar-refractivity contribution is 5.84. The van der Waals surface area contributed by atoms with Gasteiger partial charge in [-0.05, 0) is 31.7 Å². The predicted octanol–water partition coefficient (Wildman–Crippen LogP) is 1.67. The van der Waals surface area contributed by atoms with Gasteiger partial charge < -0.3 is 20.3 Å². The van der Waals surface area contributed by atoms with E-state index in [2.05, 4.69) is 46.8 Å². The van der Waals surface area contributed by atoms with E-state index in [1.165, 1.54) is 5.56 Å². The smallest absolute Gasteiger partial charge is 0.243 e. The van der Waals surface area contributed by atoms with E-state index < -0.39 is 0 Å². The van der Waals surface area contributed by atoms with E-state index in [1.807, 2.05) is 6.07 Å². The number of ether oxygens (including phenoxy) is 1. The number of aryl methyl sites for hydroxylation is 1. The number of benzene rings is 1. The minimum atomic E-state index is -0.00719. The minimum absolute atomic E-state index is 0.00719. The Morgan fingerprint density at radius 1 is 1.35 bits per heavy atom. The zero-order chi connectivity index (χ0) is 18.8. The van der Waals surface area contributed by atoms with Gasteiger partial charge in [0.15, 0.2) is 5.96 Å². The maximum atomic E-state index is 11.8. The quantitative estimate of drug-likeness (QED) is 0.547. The second kappa shape index (κ2) is 10.8. The number of carbonyl (C=O) groups is 1. The molecule has 0 radical (unpaired) electrons. The summed E-state index contributed by atoms with van der Waals surface area (Å²) in [6, 6.07) is 10.7. The third-order valence-electron chi connectivity index (χ3n) is 4.55. The molecule has 1 saturated heterocycles. The van der Waals surface area contributed by atoms with Crippen molar-refractivity contribution in [2.75, 3.05) is 40.4 Å². The number of nitrogens with one attached hydrogen (secondary N) is 2. The summed E-state index contributed by atoms with van der Waals surface area (Å²) in [6.07, 6.45) is 3.08. The molecule has 6 nitrogen and oxygen atoms in total. The highest BCUT2D eigenvalue weighted by atomic mass is 16.5. The van der Waals surface area contributed by atoms with Crippen LogP contribution in [0.25, 0.3) is 0 Å².